The van der Waals surface area contributed by atoms with Crippen LogP contribution in [-0.2, 0) is 6.54 Å². The topological polar surface area (TPSA) is 113 Å². The van der Waals surface area contributed by atoms with E-state index in [1.807, 2.05) is 42.7 Å². The molecule has 5 aromatic rings. The minimum absolute atomic E-state index is 0.182. The molecule has 0 saturated carbocycles. The van der Waals surface area contributed by atoms with E-state index in [1.54, 1.807) is 6.07 Å². The van der Waals surface area contributed by atoms with Gasteiger partial charge in [-0.25, -0.2) is 4.79 Å². The third kappa shape index (κ3) is 4.02. The molecule has 1 amide bonds. The molecule has 35 heavy (non-hydrogen) atoms. The lowest BCUT2D eigenvalue weighted by molar-refractivity contribution is 0.1000. The van der Waals surface area contributed by atoms with E-state index >= 15 is 0 Å². The summed E-state index contributed by atoms with van der Waals surface area (Å²) in [4.78, 5) is 36.0. The number of amides is 1. The Hall–Kier alpha value is -4.17. The van der Waals surface area contributed by atoms with Crippen molar-refractivity contribution >= 4 is 27.8 Å². The molecule has 0 spiro atoms. The molecule has 176 valence electrons. The number of hydrogen-bond acceptors (Lipinski definition) is 4. The van der Waals surface area contributed by atoms with Gasteiger partial charge in [0.15, 0.2) is 0 Å². The van der Waals surface area contributed by atoms with Gasteiger partial charge in [-0.1, -0.05) is 12.1 Å². The molecule has 2 aromatic carbocycles. The quantitative estimate of drug-likeness (QED) is 0.367. The number of hydrogen-bond donors (Lipinski definition) is 3. The van der Waals surface area contributed by atoms with Crippen molar-refractivity contribution < 1.29 is 4.79 Å². The number of aromatic nitrogens is 4. The number of likely N-dealkylation sites (tertiary alicyclic amines) is 1. The molecular formula is C27H26N6O2. The van der Waals surface area contributed by atoms with Gasteiger partial charge in [-0.2, -0.15) is 0 Å². The first kappa shape index (κ1) is 21.4. The molecule has 0 bridgehead atoms. The largest absolute Gasteiger partial charge is 0.366 e. The first-order chi connectivity index (χ1) is 17.0. The average Bonchev–Trinajstić information content (AvgIpc) is 3.44. The monoisotopic (exact) mass is 466 g/mol. The van der Waals surface area contributed by atoms with Crippen LogP contribution in [0.5, 0.6) is 0 Å². The number of nitrogens with two attached hydrogens (primary N) is 1. The van der Waals surface area contributed by atoms with Crippen molar-refractivity contribution in [1.82, 2.24) is 24.4 Å². The maximum atomic E-state index is 11.8. The smallest absolute Gasteiger partial charge is 0.323 e. The van der Waals surface area contributed by atoms with E-state index in [9.17, 15) is 9.59 Å². The van der Waals surface area contributed by atoms with E-state index in [2.05, 4.69) is 42.6 Å². The zero-order valence-electron chi connectivity index (χ0n) is 19.2. The highest BCUT2D eigenvalue weighted by Crippen LogP contribution is 2.34. The summed E-state index contributed by atoms with van der Waals surface area (Å²) in [6.45, 7) is 2.76. The van der Waals surface area contributed by atoms with E-state index in [4.69, 9.17) is 5.73 Å². The van der Waals surface area contributed by atoms with Crippen molar-refractivity contribution in [1.29, 1.82) is 0 Å². The third-order valence-corrected chi connectivity index (χ3v) is 6.93. The van der Waals surface area contributed by atoms with Crippen molar-refractivity contribution in [2.24, 2.45) is 5.73 Å². The maximum absolute atomic E-state index is 11.8. The number of H-pyrrole nitrogens is 2. The van der Waals surface area contributed by atoms with Crippen molar-refractivity contribution in [3.63, 3.8) is 0 Å². The predicted octanol–water partition coefficient (Wildman–Crippen LogP) is 3.67. The zero-order valence-corrected chi connectivity index (χ0v) is 19.2. The number of aromatic amines is 2. The Kier molecular flexibility index (Phi) is 5.22. The Labute approximate surface area is 201 Å². The van der Waals surface area contributed by atoms with Crippen LogP contribution in [0.2, 0.25) is 0 Å². The molecule has 3 aromatic heterocycles. The lowest BCUT2D eigenvalue weighted by atomic mass is 9.94. The molecule has 1 aliphatic heterocycles. The van der Waals surface area contributed by atoms with Gasteiger partial charge in [0.1, 0.15) is 0 Å². The summed E-state index contributed by atoms with van der Waals surface area (Å²) >= 11 is 0. The van der Waals surface area contributed by atoms with Gasteiger partial charge < -0.3 is 20.3 Å². The van der Waals surface area contributed by atoms with E-state index in [0.29, 0.717) is 11.5 Å². The highest BCUT2D eigenvalue weighted by molar-refractivity contribution is 5.93. The number of primary amides is 1. The summed E-state index contributed by atoms with van der Waals surface area (Å²) in [6.07, 6.45) is 5.86. The van der Waals surface area contributed by atoms with Crippen LogP contribution in [0.15, 0.2) is 71.8 Å². The Bertz CT molecular complexity index is 1610. The van der Waals surface area contributed by atoms with E-state index in [-0.39, 0.29) is 5.69 Å². The van der Waals surface area contributed by atoms with Crippen LogP contribution in [0, 0.1) is 0 Å². The fraction of sp³-hybridized carbons (Fsp3) is 0.222. The highest BCUT2D eigenvalue weighted by atomic mass is 16.1. The van der Waals surface area contributed by atoms with Gasteiger partial charge in [-0.3, -0.25) is 14.7 Å². The number of fused-ring (bicyclic) bond motifs is 2. The first-order valence-electron chi connectivity index (χ1n) is 11.8. The van der Waals surface area contributed by atoms with Gasteiger partial charge in [-0.15, -0.1) is 0 Å². The molecule has 8 nitrogen and oxygen atoms in total. The van der Waals surface area contributed by atoms with Crippen molar-refractivity contribution in [2.75, 3.05) is 13.1 Å². The summed E-state index contributed by atoms with van der Waals surface area (Å²) in [7, 11) is 0. The molecule has 4 N–H and O–H groups in total. The second-order valence-corrected chi connectivity index (χ2v) is 9.29. The minimum atomic E-state index is -0.437. The Morgan fingerprint density at radius 1 is 1.09 bits per heavy atom. The molecule has 8 heteroatoms. The second kappa shape index (κ2) is 8.56. The summed E-state index contributed by atoms with van der Waals surface area (Å²) in [5.41, 5.74) is 11.9. The van der Waals surface area contributed by atoms with Gasteiger partial charge in [0.05, 0.1) is 22.7 Å². The predicted molar refractivity (Wildman–Crippen MR) is 136 cm³/mol. The lowest BCUT2D eigenvalue weighted by Gasteiger charge is -2.33. The number of imidazole rings is 1. The van der Waals surface area contributed by atoms with E-state index in [1.165, 1.54) is 11.3 Å². The maximum Gasteiger partial charge on any atom is 0.323 e. The van der Waals surface area contributed by atoms with E-state index in [0.717, 1.165) is 60.1 Å². The number of benzene rings is 2. The molecule has 1 atom stereocenters. The van der Waals surface area contributed by atoms with Crippen LogP contribution in [0.3, 0.4) is 0 Å². The van der Waals surface area contributed by atoms with Gasteiger partial charge in [0.2, 0.25) is 5.91 Å². The molecular weight excluding hydrogens is 440 g/mol. The Morgan fingerprint density at radius 2 is 1.97 bits per heavy atom. The SMILES string of the molecule is NC(=O)c1cccc(-n2c(C3CCCN(Cc4ccc5[nH]c(=O)[nH]c5c4)C3)cc3ccncc32)c1. The Morgan fingerprint density at radius 3 is 2.86 bits per heavy atom. The molecule has 4 heterocycles. The number of nitrogens with zero attached hydrogens (tertiary/aromatic N) is 3. The molecule has 1 unspecified atom stereocenters. The van der Waals surface area contributed by atoms with E-state index < -0.39 is 5.91 Å². The fourth-order valence-electron chi connectivity index (χ4n) is 5.33. The highest BCUT2D eigenvalue weighted by Gasteiger charge is 2.26. The van der Waals surface area contributed by atoms with Gasteiger partial charge in [0.25, 0.3) is 0 Å². The normalized spacial score (nSPS) is 16.7. The number of pyridine rings is 1. The average molecular weight is 467 g/mol. The number of rotatable bonds is 5. The van der Waals surface area contributed by atoms with Gasteiger partial charge in [0, 0.05) is 47.5 Å². The summed E-state index contributed by atoms with van der Waals surface area (Å²) in [5, 5.41) is 1.12. The molecule has 0 aliphatic carbocycles. The molecule has 1 fully saturated rings. The van der Waals surface area contributed by atoms with Gasteiger partial charge in [-0.05, 0) is 67.4 Å². The summed E-state index contributed by atoms with van der Waals surface area (Å²) < 4.78 is 2.22. The third-order valence-electron chi connectivity index (χ3n) is 6.93. The van der Waals surface area contributed by atoms with Crippen LogP contribution < -0.4 is 11.4 Å². The number of carbonyl (C=O) groups is 1. The number of nitrogens with one attached hydrogen (secondary N) is 2. The molecule has 1 aliphatic rings. The zero-order chi connectivity index (χ0) is 23.9. The minimum Gasteiger partial charge on any atom is -0.366 e. The van der Waals surface area contributed by atoms with Crippen molar-refractivity contribution in [3.8, 4) is 5.69 Å². The van der Waals surface area contributed by atoms with Crippen LogP contribution in [0.25, 0.3) is 27.6 Å². The number of carbonyl (C=O) groups excluding carboxylic acids is 1. The summed E-state index contributed by atoms with van der Waals surface area (Å²) in [6, 6.07) is 17.8. The summed E-state index contributed by atoms with van der Waals surface area (Å²) in [5.74, 6) is -0.114. The van der Waals surface area contributed by atoms with Crippen molar-refractivity contribution in [3.05, 3.63) is 94.3 Å². The van der Waals surface area contributed by atoms with Crippen LogP contribution in [0.1, 0.15) is 40.4 Å². The number of piperidine rings is 1. The standard InChI is InChI=1S/C27H26N6O2/c28-26(34)19-3-1-5-21(12-19)33-24(13-18-8-9-29-14-25(18)33)20-4-2-10-32(16-20)15-17-6-7-22-23(11-17)31-27(35)30-22/h1,3,5-9,11-14,20H,2,4,10,15-16H2,(H2,28,34)(H2,30,31,35). The van der Waals surface area contributed by atoms with Crippen LogP contribution in [-0.4, -0.2) is 43.4 Å². The van der Waals surface area contributed by atoms with Crippen LogP contribution in [0.4, 0.5) is 0 Å². The second-order valence-electron chi connectivity index (χ2n) is 9.29. The first-order valence-corrected chi connectivity index (χ1v) is 11.8. The van der Waals surface area contributed by atoms with Gasteiger partial charge >= 0.3 is 5.69 Å². The fourth-order valence-corrected chi connectivity index (χ4v) is 5.33. The Balaban J connectivity index is 1.34. The molecule has 0 radical (unpaired) electrons. The molecule has 6 rings (SSSR count). The molecule has 1 saturated heterocycles. The van der Waals surface area contributed by atoms with Crippen molar-refractivity contribution in [2.45, 2.75) is 25.3 Å². The van der Waals surface area contributed by atoms with Crippen LogP contribution >= 0.6 is 0 Å². The lowest BCUT2D eigenvalue weighted by Crippen LogP contribution is -2.34.